The Morgan fingerprint density at radius 1 is 1.24 bits per heavy atom. The van der Waals surface area contributed by atoms with Gasteiger partial charge in [-0.25, -0.2) is 14.2 Å². The lowest BCUT2D eigenvalue weighted by Crippen LogP contribution is -2.54. The van der Waals surface area contributed by atoms with Crippen LogP contribution in [0.1, 0.15) is 17.3 Å². The first kappa shape index (κ1) is 25.4. The van der Waals surface area contributed by atoms with Gasteiger partial charge in [-0.05, 0) is 13.0 Å². The fourth-order valence-corrected chi connectivity index (χ4v) is 4.77. The van der Waals surface area contributed by atoms with Crippen LogP contribution in [0.4, 0.5) is 10.2 Å². The largest absolute Gasteiger partial charge is 0.477 e. The summed E-state index contributed by atoms with van der Waals surface area (Å²) in [6, 6.07) is 10.2. The van der Waals surface area contributed by atoms with E-state index in [0.29, 0.717) is 25.6 Å². The first-order chi connectivity index (χ1) is 18.4. The second kappa shape index (κ2) is 10.6. The summed E-state index contributed by atoms with van der Waals surface area (Å²) < 4.78 is 26.0. The molecule has 4 heterocycles. The minimum Gasteiger partial charge on any atom is -0.477 e. The lowest BCUT2D eigenvalue weighted by atomic mass is 9.99. The number of carboxylic acid groups (broad SMARTS) is 1. The third-order valence-corrected chi connectivity index (χ3v) is 6.81. The van der Waals surface area contributed by atoms with Crippen LogP contribution in [-0.4, -0.2) is 68.7 Å². The van der Waals surface area contributed by atoms with Crippen molar-refractivity contribution in [3.63, 3.8) is 0 Å². The Kier molecular flexibility index (Phi) is 7.11. The molecule has 5 rings (SSSR count). The van der Waals surface area contributed by atoms with Gasteiger partial charge >= 0.3 is 5.97 Å². The first-order valence-corrected chi connectivity index (χ1v) is 12.6. The van der Waals surface area contributed by atoms with E-state index in [0.717, 1.165) is 29.4 Å². The van der Waals surface area contributed by atoms with Crippen LogP contribution >= 0.6 is 11.5 Å². The molecule has 1 aliphatic heterocycles. The normalized spacial score (nSPS) is 13.5. The van der Waals surface area contributed by atoms with E-state index in [1.54, 1.807) is 4.90 Å². The van der Waals surface area contributed by atoms with Crippen LogP contribution in [0, 0.1) is 11.7 Å². The molecule has 38 heavy (non-hydrogen) atoms. The number of fused-ring (bicyclic) bond motifs is 1. The summed E-state index contributed by atoms with van der Waals surface area (Å²) in [6.07, 6.45) is 1.13. The number of halogens is 1. The van der Waals surface area contributed by atoms with Crippen molar-refractivity contribution in [2.45, 2.75) is 6.92 Å². The molecular formula is C25H23FN6O5S. The second-order valence-corrected chi connectivity index (χ2v) is 9.30. The van der Waals surface area contributed by atoms with Crippen LogP contribution in [0.15, 0.2) is 47.4 Å². The van der Waals surface area contributed by atoms with Crippen molar-refractivity contribution < 1.29 is 23.8 Å². The van der Waals surface area contributed by atoms with E-state index in [1.807, 2.05) is 37.3 Å². The molecule has 1 fully saturated rings. The van der Waals surface area contributed by atoms with Gasteiger partial charge in [-0.15, -0.1) is 0 Å². The highest BCUT2D eigenvalue weighted by atomic mass is 32.1. The minimum absolute atomic E-state index is 0.0387. The number of carbonyl (C=O) groups is 2. The molecule has 13 heteroatoms. The van der Waals surface area contributed by atoms with Crippen molar-refractivity contribution in [1.82, 2.24) is 24.2 Å². The number of benzene rings is 1. The van der Waals surface area contributed by atoms with Crippen molar-refractivity contribution in [3.8, 4) is 16.5 Å². The molecule has 0 aliphatic carbocycles. The van der Waals surface area contributed by atoms with E-state index in [2.05, 4.69) is 19.7 Å². The van der Waals surface area contributed by atoms with Gasteiger partial charge in [-0.3, -0.25) is 14.2 Å². The van der Waals surface area contributed by atoms with Crippen molar-refractivity contribution >= 4 is 40.3 Å². The predicted molar refractivity (Wildman–Crippen MR) is 138 cm³/mol. The average molecular weight is 539 g/mol. The monoisotopic (exact) mass is 538 g/mol. The zero-order valence-electron chi connectivity index (χ0n) is 20.3. The summed E-state index contributed by atoms with van der Waals surface area (Å²) in [4.78, 5) is 47.5. The highest BCUT2D eigenvalue weighted by Crippen LogP contribution is 2.29. The van der Waals surface area contributed by atoms with E-state index in [-0.39, 0.29) is 46.9 Å². The summed E-state index contributed by atoms with van der Waals surface area (Å²) in [5.41, 5.74) is -0.609. The van der Waals surface area contributed by atoms with Crippen LogP contribution in [0.5, 0.6) is 0 Å². The lowest BCUT2D eigenvalue weighted by Gasteiger charge is -2.39. The molecule has 1 aliphatic rings. The standard InChI is InChI=1S/C25H23FN6O5S/c1-2-37-9-8-27-23(34)15-11-31(12-15)22-18(26)10-16-19(33)17(24(35)36)13-32(21(16)29-22)25-28-20(30-38-25)14-6-4-3-5-7-14/h3-7,10,13,15H,2,8-9,11-12H2,1H3,(H,27,34)(H,35,36). The third kappa shape index (κ3) is 4.85. The molecule has 0 spiro atoms. The Morgan fingerprint density at radius 2 is 2.00 bits per heavy atom. The zero-order valence-corrected chi connectivity index (χ0v) is 21.1. The molecule has 0 saturated carbocycles. The van der Waals surface area contributed by atoms with Gasteiger partial charge in [-0.1, -0.05) is 30.3 Å². The smallest absolute Gasteiger partial charge is 0.341 e. The molecule has 0 atom stereocenters. The highest BCUT2D eigenvalue weighted by Gasteiger charge is 2.35. The average Bonchev–Trinajstić information content (AvgIpc) is 3.37. The summed E-state index contributed by atoms with van der Waals surface area (Å²) in [5.74, 6) is -2.38. The lowest BCUT2D eigenvalue weighted by molar-refractivity contribution is -0.125. The molecule has 1 saturated heterocycles. The molecule has 0 bridgehead atoms. The molecule has 0 radical (unpaired) electrons. The molecule has 4 aromatic rings. The van der Waals surface area contributed by atoms with Crippen LogP contribution in [0.3, 0.4) is 0 Å². The van der Waals surface area contributed by atoms with Crippen LogP contribution in [0.2, 0.25) is 0 Å². The Hall–Kier alpha value is -4.23. The number of pyridine rings is 2. The van der Waals surface area contributed by atoms with Crippen LogP contribution < -0.4 is 15.6 Å². The number of hydrogen-bond donors (Lipinski definition) is 2. The van der Waals surface area contributed by atoms with E-state index in [1.165, 1.54) is 4.57 Å². The Balaban J connectivity index is 1.49. The Labute approximate surface area is 219 Å². The van der Waals surface area contributed by atoms with Gasteiger partial charge < -0.3 is 20.1 Å². The van der Waals surface area contributed by atoms with Crippen molar-refractivity contribution in [2.24, 2.45) is 5.92 Å². The van der Waals surface area contributed by atoms with Gasteiger partial charge in [0, 0.05) is 49.5 Å². The summed E-state index contributed by atoms with van der Waals surface area (Å²) in [7, 11) is 0. The SMILES string of the molecule is CCOCCNC(=O)C1CN(c2nc3c(cc2F)c(=O)c(C(=O)O)cn3-c2nc(-c3ccccc3)ns2)C1. The third-order valence-electron chi connectivity index (χ3n) is 6.10. The summed E-state index contributed by atoms with van der Waals surface area (Å²) in [5, 5.41) is 12.4. The number of aromatic nitrogens is 4. The van der Waals surface area contributed by atoms with Gasteiger partial charge in [0.05, 0.1) is 17.9 Å². The number of carboxylic acids is 1. The number of nitrogens with one attached hydrogen (secondary N) is 1. The Morgan fingerprint density at radius 3 is 2.71 bits per heavy atom. The zero-order chi connectivity index (χ0) is 26.8. The quantitative estimate of drug-likeness (QED) is 0.307. The number of anilines is 1. The second-order valence-electron chi connectivity index (χ2n) is 8.57. The van der Waals surface area contributed by atoms with E-state index in [4.69, 9.17) is 4.74 Å². The van der Waals surface area contributed by atoms with E-state index in [9.17, 15) is 19.5 Å². The number of aromatic carboxylic acids is 1. The van der Waals surface area contributed by atoms with Gasteiger partial charge in [-0.2, -0.15) is 9.36 Å². The topological polar surface area (TPSA) is 140 Å². The molecule has 11 nitrogen and oxygen atoms in total. The summed E-state index contributed by atoms with van der Waals surface area (Å²) in [6.45, 7) is 3.70. The number of amides is 1. The van der Waals surface area contributed by atoms with Crippen molar-refractivity contribution in [1.29, 1.82) is 0 Å². The van der Waals surface area contributed by atoms with Gasteiger partial charge in [0.2, 0.25) is 16.5 Å². The maximum Gasteiger partial charge on any atom is 0.341 e. The van der Waals surface area contributed by atoms with Gasteiger partial charge in [0.15, 0.2) is 23.1 Å². The van der Waals surface area contributed by atoms with Crippen LogP contribution in [-0.2, 0) is 9.53 Å². The predicted octanol–water partition coefficient (Wildman–Crippen LogP) is 2.33. The number of hydrogen-bond acceptors (Lipinski definition) is 9. The molecule has 1 aromatic carbocycles. The minimum atomic E-state index is -1.45. The number of nitrogens with zero attached hydrogens (tertiary/aromatic N) is 5. The molecule has 3 aromatic heterocycles. The molecule has 0 unspecified atom stereocenters. The van der Waals surface area contributed by atoms with E-state index < -0.39 is 22.8 Å². The number of ether oxygens (including phenoxy) is 1. The number of carbonyl (C=O) groups excluding carboxylic acids is 1. The van der Waals surface area contributed by atoms with E-state index >= 15 is 4.39 Å². The fraction of sp³-hybridized carbons (Fsp3) is 0.280. The maximum atomic E-state index is 15.1. The highest BCUT2D eigenvalue weighted by molar-refractivity contribution is 7.08. The van der Waals surface area contributed by atoms with Gasteiger partial charge in [0.1, 0.15) is 5.56 Å². The molecule has 1 amide bonds. The fourth-order valence-electron chi connectivity index (χ4n) is 4.10. The van der Waals surface area contributed by atoms with Crippen molar-refractivity contribution in [3.05, 3.63) is 64.2 Å². The first-order valence-electron chi connectivity index (χ1n) is 11.9. The van der Waals surface area contributed by atoms with Gasteiger partial charge in [0.25, 0.3) is 0 Å². The Bertz CT molecular complexity index is 1570. The molecule has 2 N–H and O–H groups in total. The van der Waals surface area contributed by atoms with Crippen molar-refractivity contribution in [2.75, 3.05) is 37.7 Å². The molecular weight excluding hydrogens is 515 g/mol. The van der Waals surface area contributed by atoms with Crippen LogP contribution in [0.25, 0.3) is 27.6 Å². The summed E-state index contributed by atoms with van der Waals surface area (Å²) >= 11 is 0.988. The maximum absolute atomic E-state index is 15.1. The number of rotatable bonds is 9. The molecule has 196 valence electrons.